The van der Waals surface area contributed by atoms with Crippen molar-refractivity contribution in [2.45, 2.75) is 89.1 Å². The van der Waals surface area contributed by atoms with E-state index >= 15 is 0 Å². The molecule has 0 amide bonds. The number of ether oxygens (including phenoxy) is 2. The fourth-order valence-corrected chi connectivity index (χ4v) is 7.76. The highest BCUT2D eigenvalue weighted by atomic mass is 32.2. The van der Waals surface area contributed by atoms with E-state index in [1.807, 2.05) is 25.6 Å². The van der Waals surface area contributed by atoms with Gasteiger partial charge in [0.1, 0.15) is 16.9 Å². The summed E-state index contributed by atoms with van der Waals surface area (Å²) in [5.74, 6) is 1.40. The lowest BCUT2D eigenvalue weighted by Crippen LogP contribution is -2.35. The third-order valence-corrected chi connectivity index (χ3v) is 9.70. The van der Waals surface area contributed by atoms with E-state index < -0.39 is 5.79 Å². The summed E-state index contributed by atoms with van der Waals surface area (Å²) in [5.41, 5.74) is 3.12. The summed E-state index contributed by atoms with van der Waals surface area (Å²) in [6.45, 7) is 9.18. The number of thioether (sulfide) groups is 1. The zero-order valence-electron chi connectivity index (χ0n) is 21.4. The quantitative estimate of drug-likeness (QED) is 0.454. The lowest BCUT2D eigenvalue weighted by Gasteiger charge is -2.25. The van der Waals surface area contributed by atoms with E-state index in [9.17, 15) is 0 Å². The van der Waals surface area contributed by atoms with Crippen molar-refractivity contribution in [3.8, 4) is 10.6 Å². The Hall–Kier alpha value is -1.94. The van der Waals surface area contributed by atoms with E-state index in [0.29, 0.717) is 17.1 Å². The Bertz CT molecular complexity index is 1190. The van der Waals surface area contributed by atoms with Gasteiger partial charge in [-0.3, -0.25) is 0 Å². The minimum Gasteiger partial charge on any atom is -0.364 e. The number of hydrogen-bond acceptors (Lipinski definition) is 9. The summed E-state index contributed by atoms with van der Waals surface area (Å²) >= 11 is 3.60. The molecule has 1 saturated carbocycles. The van der Waals surface area contributed by atoms with Gasteiger partial charge in [-0.05, 0) is 63.9 Å². The van der Waals surface area contributed by atoms with Crippen molar-refractivity contribution in [3.05, 3.63) is 33.8 Å². The molecule has 2 aliphatic carbocycles. The van der Waals surface area contributed by atoms with Gasteiger partial charge in [-0.1, -0.05) is 25.5 Å². The van der Waals surface area contributed by atoms with Crippen molar-refractivity contribution in [2.75, 3.05) is 17.2 Å². The van der Waals surface area contributed by atoms with Crippen LogP contribution in [0.3, 0.4) is 0 Å². The fraction of sp³-hybridized carbons (Fsp3) is 0.593. The van der Waals surface area contributed by atoms with Crippen molar-refractivity contribution in [1.82, 2.24) is 15.0 Å². The van der Waals surface area contributed by atoms with Crippen molar-refractivity contribution in [2.24, 2.45) is 5.92 Å². The highest BCUT2D eigenvalue weighted by Gasteiger charge is 2.53. The number of nitrogens with one attached hydrogen (secondary N) is 2. The van der Waals surface area contributed by atoms with Gasteiger partial charge in [-0.2, -0.15) is 4.98 Å². The number of thiazole rings is 1. The number of anilines is 2. The van der Waals surface area contributed by atoms with E-state index in [2.05, 4.69) is 48.1 Å². The second-order valence-electron chi connectivity index (χ2n) is 10.6. The molecule has 7 nitrogen and oxygen atoms in total. The van der Waals surface area contributed by atoms with Crippen molar-refractivity contribution in [3.63, 3.8) is 0 Å². The van der Waals surface area contributed by atoms with Crippen LogP contribution in [0.25, 0.3) is 16.6 Å². The third-order valence-electron chi connectivity index (χ3n) is 7.53. The number of fused-ring (bicyclic) bond motifs is 2. The molecule has 36 heavy (non-hydrogen) atoms. The van der Waals surface area contributed by atoms with Gasteiger partial charge >= 0.3 is 0 Å². The maximum atomic E-state index is 6.40. The SMILES string of the molecule is CCC1CC(Nc2nc(NCC3CC=CS3)nc(C)c2-c2nc3c(s2)C=CCC3)C2OC(C)(C)OC12. The standard InChI is InChI=1S/C27H35N5O2S2/c1-5-16-13-19(23-22(16)33-27(3,4)34-23)30-24-21(25-31-18-10-6-7-11-20(18)36-25)15(2)29-26(32-24)28-14-17-9-8-12-35-17/h7-8,11-12,16-17,19,22-23H,5-6,9-10,13-14H2,1-4H3,(H2,28,29,30,32). The van der Waals surface area contributed by atoms with Crippen LogP contribution < -0.4 is 10.6 Å². The molecule has 0 radical (unpaired) electrons. The van der Waals surface area contributed by atoms with Crippen LogP contribution in [0.4, 0.5) is 11.8 Å². The number of aromatic nitrogens is 3. The van der Waals surface area contributed by atoms with E-state index in [-0.39, 0.29) is 18.2 Å². The Morgan fingerprint density at radius 1 is 1.14 bits per heavy atom. The summed E-state index contributed by atoms with van der Waals surface area (Å²) in [6.07, 6.45) is 11.9. The molecule has 192 valence electrons. The predicted molar refractivity (Wildman–Crippen MR) is 148 cm³/mol. The molecule has 0 spiro atoms. The molecule has 9 heteroatoms. The van der Waals surface area contributed by atoms with Crippen LogP contribution in [0.1, 0.15) is 62.7 Å². The lowest BCUT2D eigenvalue weighted by molar-refractivity contribution is -0.157. The van der Waals surface area contributed by atoms with Crippen LogP contribution >= 0.6 is 23.1 Å². The highest BCUT2D eigenvalue weighted by molar-refractivity contribution is 8.03. The molecule has 2 fully saturated rings. The Labute approximate surface area is 221 Å². The number of rotatable bonds is 7. The molecular formula is C27H35N5O2S2. The van der Waals surface area contributed by atoms with E-state index in [1.165, 1.54) is 10.6 Å². The largest absolute Gasteiger partial charge is 0.364 e. The van der Waals surface area contributed by atoms with Crippen molar-refractivity contribution >= 4 is 40.9 Å². The number of hydrogen-bond donors (Lipinski definition) is 2. The van der Waals surface area contributed by atoms with Crippen LogP contribution in [-0.2, 0) is 15.9 Å². The summed E-state index contributed by atoms with van der Waals surface area (Å²) in [7, 11) is 0. The molecule has 2 aromatic rings. The molecule has 2 N–H and O–H groups in total. The second-order valence-corrected chi connectivity index (χ2v) is 12.8. The first kappa shape index (κ1) is 24.4. The van der Waals surface area contributed by atoms with Gasteiger partial charge in [0.2, 0.25) is 5.95 Å². The van der Waals surface area contributed by atoms with Gasteiger partial charge in [0.15, 0.2) is 5.79 Å². The molecule has 5 atom stereocenters. The third kappa shape index (κ3) is 4.71. The molecule has 6 rings (SSSR count). The lowest BCUT2D eigenvalue weighted by atomic mass is 10.0. The number of nitrogens with zero attached hydrogens (tertiary/aromatic N) is 3. The number of allylic oxidation sites excluding steroid dienone is 2. The maximum absolute atomic E-state index is 6.40. The Balaban J connectivity index is 1.33. The van der Waals surface area contributed by atoms with Crippen LogP contribution in [0.2, 0.25) is 0 Å². The van der Waals surface area contributed by atoms with Crippen LogP contribution in [0.15, 0.2) is 17.6 Å². The van der Waals surface area contributed by atoms with E-state index in [1.54, 1.807) is 11.3 Å². The molecule has 1 saturated heterocycles. The molecule has 2 aliphatic heterocycles. The average Bonchev–Trinajstić information content (AvgIpc) is 3.62. The Morgan fingerprint density at radius 2 is 2.00 bits per heavy atom. The Kier molecular flexibility index (Phi) is 6.60. The monoisotopic (exact) mass is 525 g/mol. The van der Waals surface area contributed by atoms with Crippen LogP contribution in [0.5, 0.6) is 0 Å². The molecule has 2 aromatic heterocycles. The predicted octanol–water partition coefficient (Wildman–Crippen LogP) is 6.03. The van der Waals surface area contributed by atoms with Gasteiger partial charge < -0.3 is 20.1 Å². The van der Waals surface area contributed by atoms with Crippen molar-refractivity contribution in [1.29, 1.82) is 0 Å². The smallest absolute Gasteiger partial charge is 0.224 e. The first-order valence-corrected chi connectivity index (χ1v) is 14.9. The minimum atomic E-state index is -0.562. The van der Waals surface area contributed by atoms with Gasteiger partial charge in [-0.15, -0.1) is 23.1 Å². The highest BCUT2D eigenvalue weighted by Crippen LogP contribution is 2.45. The topological polar surface area (TPSA) is 81.2 Å². The fourth-order valence-electron chi connectivity index (χ4n) is 5.77. The maximum Gasteiger partial charge on any atom is 0.224 e. The first-order valence-electron chi connectivity index (χ1n) is 13.1. The normalized spacial score (nSPS) is 29.9. The van der Waals surface area contributed by atoms with Gasteiger partial charge in [0, 0.05) is 11.8 Å². The zero-order chi connectivity index (χ0) is 24.9. The van der Waals surface area contributed by atoms with E-state index in [0.717, 1.165) is 60.7 Å². The van der Waals surface area contributed by atoms with E-state index in [4.69, 9.17) is 24.4 Å². The molecule has 0 aromatic carbocycles. The summed E-state index contributed by atoms with van der Waals surface area (Å²) in [6, 6.07) is 0.117. The first-order chi connectivity index (χ1) is 17.4. The second kappa shape index (κ2) is 9.74. The molecule has 5 unspecified atom stereocenters. The van der Waals surface area contributed by atoms with Gasteiger partial charge in [-0.25, -0.2) is 9.97 Å². The molecular weight excluding hydrogens is 490 g/mol. The molecule has 0 bridgehead atoms. The average molecular weight is 526 g/mol. The summed E-state index contributed by atoms with van der Waals surface area (Å²) < 4.78 is 12.7. The Morgan fingerprint density at radius 3 is 2.78 bits per heavy atom. The van der Waals surface area contributed by atoms with Crippen LogP contribution in [-0.4, -0.2) is 50.8 Å². The molecule has 4 heterocycles. The minimum absolute atomic E-state index is 0.00197. The number of aryl methyl sites for hydroxylation is 2. The van der Waals surface area contributed by atoms with Crippen LogP contribution in [0, 0.1) is 12.8 Å². The van der Waals surface area contributed by atoms with Crippen molar-refractivity contribution < 1.29 is 9.47 Å². The summed E-state index contributed by atoms with van der Waals surface area (Å²) in [4.78, 5) is 16.2. The molecule has 4 aliphatic rings. The van der Waals surface area contributed by atoms with Gasteiger partial charge in [0.25, 0.3) is 0 Å². The summed E-state index contributed by atoms with van der Waals surface area (Å²) in [5, 5.41) is 11.0. The van der Waals surface area contributed by atoms with Gasteiger partial charge in [0.05, 0.1) is 34.0 Å². The zero-order valence-corrected chi connectivity index (χ0v) is 23.0.